The van der Waals surface area contributed by atoms with E-state index in [1.54, 1.807) is 13.3 Å². The molecule has 3 aromatic heterocycles. The molecule has 0 saturated heterocycles. The number of benzene rings is 1. The number of para-hydroxylation sites is 1. The minimum atomic E-state index is 0.319. The van der Waals surface area contributed by atoms with Crippen molar-refractivity contribution in [2.45, 2.75) is 26.4 Å². The van der Waals surface area contributed by atoms with Crippen molar-refractivity contribution in [2.24, 2.45) is 0 Å². The van der Waals surface area contributed by atoms with Crippen molar-refractivity contribution in [2.75, 3.05) is 7.11 Å². The third-order valence-corrected chi connectivity index (χ3v) is 4.20. The average Bonchev–Trinajstić information content (AvgIpc) is 3.31. The smallest absolute Gasteiger partial charge is 0.177 e. The molecule has 0 bridgehead atoms. The molecule has 1 aromatic carbocycles. The van der Waals surface area contributed by atoms with Crippen LogP contribution in [0.3, 0.4) is 0 Å². The zero-order chi connectivity index (χ0) is 17.4. The van der Waals surface area contributed by atoms with Gasteiger partial charge in [-0.3, -0.25) is 4.68 Å². The summed E-state index contributed by atoms with van der Waals surface area (Å²) in [6.07, 6.45) is 5.63. The minimum Gasteiger partial charge on any atom is -0.496 e. The number of aromatic amines is 1. The monoisotopic (exact) mass is 336 g/mol. The van der Waals surface area contributed by atoms with Crippen LogP contribution >= 0.6 is 0 Å². The zero-order valence-electron chi connectivity index (χ0n) is 14.5. The van der Waals surface area contributed by atoms with E-state index in [1.165, 1.54) is 0 Å². The summed E-state index contributed by atoms with van der Waals surface area (Å²) < 4.78 is 9.22. The standard InChI is InChI=1S/C18H20N6O/c1-12(2)23-11-14(8-19-23)17-21-15-9-20-24(18(15)22-17)10-13-6-4-5-7-16(13)25-3/h4-9,11-12H,10H2,1-3H3,(H,21,22). The summed E-state index contributed by atoms with van der Waals surface area (Å²) >= 11 is 0. The van der Waals surface area contributed by atoms with E-state index >= 15 is 0 Å². The van der Waals surface area contributed by atoms with Gasteiger partial charge in [0.05, 0.1) is 31.6 Å². The molecule has 0 aliphatic rings. The quantitative estimate of drug-likeness (QED) is 0.607. The van der Waals surface area contributed by atoms with E-state index in [4.69, 9.17) is 9.72 Å². The topological polar surface area (TPSA) is 73.6 Å². The minimum absolute atomic E-state index is 0.319. The maximum Gasteiger partial charge on any atom is 0.177 e. The molecule has 128 valence electrons. The van der Waals surface area contributed by atoms with E-state index in [-0.39, 0.29) is 0 Å². The lowest BCUT2D eigenvalue weighted by atomic mass is 10.2. The summed E-state index contributed by atoms with van der Waals surface area (Å²) in [5, 5.41) is 8.82. The van der Waals surface area contributed by atoms with Crippen LogP contribution in [-0.4, -0.2) is 36.6 Å². The van der Waals surface area contributed by atoms with Crippen LogP contribution in [0.2, 0.25) is 0 Å². The van der Waals surface area contributed by atoms with Crippen LogP contribution in [0.4, 0.5) is 0 Å². The van der Waals surface area contributed by atoms with Gasteiger partial charge >= 0.3 is 0 Å². The number of fused-ring (bicyclic) bond motifs is 1. The number of imidazole rings is 1. The van der Waals surface area contributed by atoms with E-state index in [1.807, 2.05) is 46.0 Å². The normalized spacial score (nSPS) is 11.5. The van der Waals surface area contributed by atoms with Crippen molar-refractivity contribution < 1.29 is 4.74 Å². The summed E-state index contributed by atoms with van der Waals surface area (Å²) in [6.45, 7) is 4.80. The number of hydrogen-bond donors (Lipinski definition) is 1. The van der Waals surface area contributed by atoms with Gasteiger partial charge in [-0.15, -0.1) is 0 Å². The van der Waals surface area contributed by atoms with Gasteiger partial charge in [-0.25, -0.2) is 9.67 Å². The van der Waals surface area contributed by atoms with E-state index in [9.17, 15) is 0 Å². The number of nitrogens with one attached hydrogen (secondary N) is 1. The van der Waals surface area contributed by atoms with Crippen LogP contribution in [0.15, 0.2) is 42.9 Å². The van der Waals surface area contributed by atoms with Crippen LogP contribution in [0.1, 0.15) is 25.5 Å². The van der Waals surface area contributed by atoms with Crippen LogP contribution in [0, 0.1) is 0 Å². The molecule has 0 aliphatic carbocycles. The lowest BCUT2D eigenvalue weighted by Gasteiger charge is -2.08. The third-order valence-electron chi connectivity index (χ3n) is 4.20. The van der Waals surface area contributed by atoms with Gasteiger partial charge in [-0.2, -0.15) is 10.2 Å². The molecule has 3 heterocycles. The summed E-state index contributed by atoms with van der Waals surface area (Å²) in [4.78, 5) is 8.04. The summed E-state index contributed by atoms with van der Waals surface area (Å²) in [6, 6.07) is 8.26. The fraction of sp³-hybridized carbons (Fsp3) is 0.278. The third kappa shape index (κ3) is 2.77. The zero-order valence-corrected chi connectivity index (χ0v) is 14.5. The highest BCUT2D eigenvalue weighted by Gasteiger charge is 2.14. The summed E-state index contributed by atoms with van der Waals surface area (Å²) in [7, 11) is 1.68. The first-order valence-corrected chi connectivity index (χ1v) is 8.23. The number of H-pyrrole nitrogens is 1. The van der Waals surface area contributed by atoms with Crippen LogP contribution < -0.4 is 4.74 Å². The first-order valence-electron chi connectivity index (χ1n) is 8.23. The van der Waals surface area contributed by atoms with Crippen molar-refractivity contribution >= 4 is 11.2 Å². The molecule has 4 aromatic rings. The van der Waals surface area contributed by atoms with Crippen molar-refractivity contribution in [3.05, 3.63) is 48.4 Å². The first kappa shape index (κ1) is 15.4. The Labute approximate surface area is 145 Å². The molecule has 25 heavy (non-hydrogen) atoms. The van der Waals surface area contributed by atoms with E-state index in [0.29, 0.717) is 12.6 Å². The molecule has 0 unspecified atom stereocenters. The number of nitrogens with zero attached hydrogens (tertiary/aromatic N) is 5. The van der Waals surface area contributed by atoms with Crippen molar-refractivity contribution in [3.8, 4) is 17.1 Å². The predicted octanol–water partition coefficient (Wildman–Crippen LogP) is 3.26. The highest BCUT2D eigenvalue weighted by atomic mass is 16.5. The van der Waals surface area contributed by atoms with E-state index < -0.39 is 0 Å². The summed E-state index contributed by atoms with van der Waals surface area (Å²) in [5.41, 5.74) is 3.75. The Balaban J connectivity index is 1.68. The SMILES string of the molecule is COc1ccccc1Cn1ncc2[nH]c(-c3cnn(C(C)C)c3)nc21. The second-order valence-electron chi connectivity index (χ2n) is 6.24. The Morgan fingerprint density at radius 2 is 2.00 bits per heavy atom. The first-order chi connectivity index (χ1) is 12.2. The van der Waals surface area contributed by atoms with E-state index in [0.717, 1.165) is 33.9 Å². The highest BCUT2D eigenvalue weighted by molar-refractivity contribution is 5.75. The molecule has 0 amide bonds. The fourth-order valence-electron chi connectivity index (χ4n) is 2.84. The van der Waals surface area contributed by atoms with Gasteiger partial charge in [0.1, 0.15) is 17.1 Å². The number of methoxy groups -OCH3 is 1. The van der Waals surface area contributed by atoms with Crippen molar-refractivity contribution in [1.29, 1.82) is 0 Å². The Bertz CT molecular complexity index is 1010. The average molecular weight is 336 g/mol. The Kier molecular flexibility index (Phi) is 3.76. The predicted molar refractivity (Wildman–Crippen MR) is 95.6 cm³/mol. The maximum absolute atomic E-state index is 5.43. The lowest BCUT2D eigenvalue weighted by molar-refractivity contribution is 0.407. The van der Waals surface area contributed by atoms with Gasteiger partial charge < -0.3 is 9.72 Å². The number of hydrogen-bond acceptors (Lipinski definition) is 4. The molecule has 0 aliphatic heterocycles. The molecule has 7 heteroatoms. The Morgan fingerprint density at radius 3 is 2.76 bits per heavy atom. The maximum atomic E-state index is 5.43. The van der Waals surface area contributed by atoms with Gasteiger partial charge in [-0.05, 0) is 19.9 Å². The van der Waals surface area contributed by atoms with E-state index in [2.05, 4.69) is 29.0 Å². The molecule has 0 spiro atoms. The molecule has 0 radical (unpaired) electrons. The van der Waals surface area contributed by atoms with Crippen LogP contribution in [0.25, 0.3) is 22.6 Å². The largest absolute Gasteiger partial charge is 0.496 e. The van der Waals surface area contributed by atoms with Gasteiger partial charge in [0.15, 0.2) is 5.65 Å². The van der Waals surface area contributed by atoms with Gasteiger partial charge in [0.25, 0.3) is 0 Å². The molecular formula is C18H20N6O. The molecule has 1 N–H and O–H groups in total. The molecule has 0 fully saturated rings. The molecule has 7 nitrogen and oxygen atoms in total. The van der Waals surface area contributed by atoms with Gasteiger partial charge in [0, 0.05) is 17.8 Å². The van der Waals surface area contributed by atoms with Crippen LogP contribution in [-0.2, 0) is 6.54 Å². The van der Waals surface area contributed by atoms with Crippen molar-refractivity contribution in [1.82, 2.24) is 29.5 Å². The number of ether oxygens (including phenoxy) is 1. The molecule has 4 rings (SSSR count). The molecule has 0 saturated carbocycles. The second kappa shape index (κ2) is 6.08. The molecular weight excluding hydrogens is 316 g/mol. The van der Waals surface area contributed by atoms with Gasteiger partial charge in [0.2, 0.25) is 0 Å². The van der Waals surface area contributed by atoms with Gasteiger partial charge in [-0.1, -0.05) is 18.2 Å². The highest BCUT2D eigenvalue weighted by Crippen LogP contribution is 2.23. The van der Waals surface area contributed by atoms with Crippen molar-refractivity contribution in [3.63, 3.8) is 0 Å². The van der Waals surface area contributed by atoms with Crippen LogP contribution in [0.5, 0.6) is 5.75 Å². The second-order valence-corrected chi connectivity index (χ2v) is 6.24. The fourth-order valence-corrected chi connectivity index (χ4v) is 2.84. The number of rotatable bonds is 5. The lowest BCUT2D eigenvalue weighted by Crippen LogP contribution is -2.03. The molecule has 0 atom stereocenters. The Hall–Kier alpha value is -3.09. The Morgan fingerprint density at radius 1 is 1.16 bits per heavy atom. The summed E-state index contributed by atoms with van der Waals surface area (Å²) in [5.74, 6) is 1.65. The number of aromatic nitrogens is 6.